The fourth-order valence-corrected chi connectivity index (χ4v) is 2.55. The first kappa shape index (κ1) is 15.1. The molecule has 0 spiro atoms. The summed E-state index contributed by atoms with van der Waals surface area (Å²) in [5.41, 5.74) is 0.889. The van der Waals surface area contributed by atoms with Crippen molar-refractivity contribution in [2.45, 2.75) is 51.7 Å². The summed E-state index contributed by atoms with van der Waals surface area (Å²) >= 11 is 0. The van der Waals surface area contributed by atoms with Crippen LogP contribution in [0.1, 0.15) is 54.0 Å². The minimum absolute atomic E-state index is 0.00208. The van der Waals surface area contributed by atoms with Crippen molar-refractivity contribution in [3.05, 3.63) is 23.2 Å². The van der Waals surface area contributed by atoms with Gasteiger partial charge in [0.2, 0.25) is 5.76 Å². The van der Waals surface area contributed by atoms with E-state index < -0.39 is 5.97 Å². The molecule has 20 heavy (non-hydrogen) atoms. The second kappa shape index (κ2) is 7.45. The Bertz CT molecular complexity index is 435. The van der Waals surface area contributed by atoms with E-state index in [2.05, 4.69) is 5.32 Å². The van der Waals surface area contributed by atoms with Gasteiger partial charge in [0.25, 0.3) is 0 Å². The Morgan fingerprint density at radius 3 is 2.85 bits per heavy atom. The Labute approximate surface area is 119 Å². The maximum absolute atomic E-state index is 10.8. The van der Waals surface area contributed by atoms with Gasteiger partial charge in [-0.05, 0) is 25.8 Å². The van der Waals surface area contributed by atoms with E-state index in [1.54, 1.807) is 13.0 Å². The first-order valence-corrected chi connectivity index (χ1v) is 7.31. The first-order chi connectivity index (χ1) is 9.66. The van der Waals surface area contributed by atoms with Crippen LogP contribution in [0.15, 0.2) is 10.5 Å². The van der Waals surface area contributed by atoms with E-state index in [0.717, 1.165) is 12.1 Å². The summed E-state index contributed by atoms with van der Waals surface area (Å²) in [6.45, 7) is 3.86. The molecule has 1 aromatic rings. The summed E-state index contributed by atoms with van der Waals surface area (Å²) in [5.74, 6) is -0.374. The Morgan fingerprint density at radius 2 is 2.20 bits per heavy atom. The van der Waals surface area contributed by atoms with Crippen LogP contribution in [0, 0.1) is 6.92 Å². The molecule has 5 heteroatoms. The molecular weight excluding hydrogens is 258 g/mol. The highest BCUT2D eigenvalue weighted by Gasteiger charge is 2.14. The number of hydrogen-bond acceptors (Lipinski definition) is 4. The van der Waals surface area contributed by atoms with E-state index in [1.165, 1.54) is 32.1 Å². The highest BCUT2D eigenvalue weighted by Crippen LogP contribution is 2.20. The van der Waals surface area contributed by atoms with Gasteiger partial charge in [-0.15, -0.1) is 0 Å². The average molecular weight is 281 g/mol. The van der Waals surface area contributed by atoms with Crippen molar-refractivity contribution in [1.82, 2.24) is 5.32 Å². The summed E-state index contributed by atoms with van der Waals surface area (Å²) in [6, 6.07) is 1.58. The first-order valence-electron chi connectivity index (χ1n) is 7.31. The molecule has 112 valence electrons. The number of furan rings is 1. The van der Waals surface area contributed by atoms with Crippen molar-refractivity contribution in [3.63, 3.8) is 0 Å². The summed E-state index contributed by atoms with van der Waals surface area (Å²) < 4.78 is 11.0. The minimum Gasteiger partial charge on any atom is -0.475 e. The monoisotopic (exact) mass is 281 g/mol. The number of aromatic carboxylic acids is 1. The summed E-state index contributed by atoms with van der Waals surface area (Å²) in [4.78, 5) is 10.8. The largest absolute Gasteiger partial charge is 0.475 e. The Balaban J connectivity index is 1.64. The maximum Gasteiger partial charge on any atom is 0.371 e. The van der Waals surface area contributed by atoms with Gasteiger partial charge >= 0.3 is 5.97 Å². The van der Waals surface area contributed by atoms with Crippen LogP contribution in [0.5, 0.6) is 0 Å². The Morgan fingerprint density at radius 1 is 1.45 bits per heavy atom. The zero-order valence-corrected chi connectivity index (χ0v) is 12.0. The fourth-order valence-electron chi connectivity index (χ4n) is 2.55. The van der Waals surface area contributed by atoms with Crippen LogP contribution in [0.25, 0.3) is 0 Å². The third-order valence-corrected chi connectivity index (χ3v) is 3.73. The molecule has 2 N–H and O–H groups in total. The lowest BCUT2D eigenvalue weighted by Gasteiger charge is -2.21. The summed E-state index contributed by atoms with van der Waals surface area (Å²) in [6.07, 6.45) is 6.70. The van der Waals surface area contributed by atoms with E-state index in [0.29, 0.717) is 25.0 Å². The standard InChI is InChI=1S/C15H23NO4/c1-11-12(9-14(20-11)15(17)18)10-16-7-8-19-13-5-3-2-4-6-13/h9,13,16H,2-8,10H2,1H3,(H,17,18). The highest BCUT2D eigenvalue weighted by atomic mass is 16.5. The van der Waals surface area contributed by atoms with Gasteiger partial charge < -0.3 is 19.6 Å². The van der Waals surface area contributed by atoms with Gasteiger partial charge in [-0.2, -0.15) is 0 Å². The number of carboxylic acid groups (broad SMARTS) is 1. The van der Waals surface area contributed by atoms with E-state index in [1.807, 2.05) is 0 Å². The van der Waals surface area contributed by atoms with Crippen molar-refractivity contribution in [3.8, 4) is 0 Å². The van der Waals surface area contributed by atoms with Crippen LogP contribution in [-0.4, -0.2) is 30.3 Å². The maximum atomic E-state index is 10.8. The zero-order valence-electron chi connectivity index (χ0n) is 12.0. The van der Waals surface area contributed by atoms with Gasteiger partial charge in [-0.25, -0.2) is 4.79 Å². The number of ether oxygens (including phenoxy) is 1. The van der Waals surface area contributed by atoms with E-state index in [4.69, 9.17) is 14.3 Å². The second-order valence-corrected chi connectivity index (χ2v) is 5.30. The molecule has 0 atom stereocenters. The smallest absolute Gasteiger partial charge is 0.371 e. The van der Waals surface area contributed by atoms with Crippen LogP contribution in [-0.2, 0) is 11.3 Å². The molecule has 1 aliphatic carbocycles. The van der Waals surface area contributed by atoms with E-state index in [-0.39, 0.29) is 5.76 Å². The van der Waals surface area contributed by atoms with E-state index in [9.17, 15) is 4.79 Å². The van der Waals surface area contributed by atoms with E-state index >= 15 is 0 Å². The van der Waals surface area contributed by atoms with Gasteiger partial charge in [0, 0.05) is 18.7 Å². The molecule has 1 fully saturated rings. The van der Waals surface area contributed by atoms with Crippen molar-refractivity contribution in [1.29, 1.82) is 0 Å². The van der Waals surface area contributed by atoms with Crippen LogP contribution in [0.4, 0.5) is 0 Å². The molecule has 1 heterocycles. The summed E-state index contributed by atoms with van der Waals surface area (Å²) in [7, 11) is 0. The molecule has 0 amide bonds. The van der Waals surface area contributed by atoms with Crippen LogP contribution in [0.2, 0.25) is 0 Å². The fraction of sp³-hybridized carbons (Fsp3) is 0.667. The molecular formula is C15H23NO4. The topological polar surface area (TPSA) is 71.7 Å². The predicted octanol–water partition coefficient (Wildman–Crippen LogP) is 2.73. The quantitative estimate of drug-likeness (QED) is 0.752. The molecule has 0 bridgehead atoms. The third kappa shape index (κ3) is 4.35. The molecule has 2 rings (SSSR count). The van der Waals surface area contributed by atoms with Crippen molar-refractivity contribution < 1.29 is 19.1 Å². The average Bonchev–Trinajstić information content (AvgIpc) is 2.81. The normalized spacial score (nSPS) is 16.4. The van der Waals surface area contributed by atoms with Crippen LogP contribution >= 0.6 is 0 Å². The molecule has 0 aliphatic heterocycles. The predicted molar refractivity (Wildman–Crippen MR) is 74.9 cm³/mol. The number of carboxylic acids is 1. The molecule has 0 radical (unpaired) electrons. The number of carbonyl (C=O) groups is 1. The number of hydrogen-bond donors (Lipinski definition) is 2. The molecule has 0 saturated heterocycles. The summed E-state index contributed by atoms with van der Waals surface area (Å²) in [5, 5.41) is 12.1. The molecule has 1 aliphatic rings. The van der Waals surface area contributed by atoms with Crippen LogP contribution < -0.4 is 5.32 Å². The van der Waals surface area contributed by atoms with Crippen molar-refractivity contribution >= 4 is 5.97 Å². The number of rotatable bonds is 7. The lowest BCUT2D eigenvalue weighted by molar-refractivity contribution is 0.0302. The molecule has 1 saturated carbocycles. The Kier molecular flexibility index (Phi) is 5.61. The number of aryl methyl sites for hydroxylation is 1. The Hall–Kier alpha value is -1.33. The number of nitrogens with one attached hydrogen (secondary N) is 1. The lowest BCUT2D eigenvalue weighted by Crippen LogP contribution is -2.24. The molecule has 0 unspecified atom stereocenters. The van der Waals surface area contributed by atoms with Gasteiger partial charge in [0.15, 0.2) is 0 Å². The third-order valence-electron chi connectivity index (χ3n) is 3.73. The van der Waals surface area contributed by atoms with Gasteiger partial charge in [0.05, 0.1) is 12.7 Å². The van der Waals surface area contributed by atoms with Gasteiger partial charge in [0.1, 0.15) is 5.76 Å². The second-order valence-electron chi connectivity index (χ2n) is 5.30. The van der Waals surface area contributed by atoms with Crippen molar-refractivity contribution in [2.75, 3.05) is 13.2 Å². The highest BCUT2D eigenvalue weighted by molar-refractivity contribution is 5.84. The van der Waals surface area contributed by atoms with Gasteiger partial charge in [-0.3, -0.25) is 0 Å². The lowest BCUT2D eigenvalue weighted by atomic mass is 9.98. The zero-order chi connectivity index (χ0) is 14.4. The minimum atomic E-state index is -1.03. The van der Waals surface area contributed by atoms with Crippen LogP contribution in [0.3, 0.4) is 0 Å². The molecule has 0 aromatic carbocycles. The van der Waals surface area contributed by atoms with Crippen molar-refractivity contribution in [2.24, 2.45) is 0 Å². The molecule has 1 aromatic heterocycles. The molecule has 5 nitrogen and oxygen atoms in total. The van der Waals surface area contributed by atoms with Gasteiger partial charge in [-0.1, -0.05) is 19.3 Å². The SMILES string of the molecule is Cc1oc(C(=O)O)cc1CNCCOC1CCCCC1.